The fourth-order valence-electron chi connectivity index (χ4n) is 2.72. The van der Waals surface area contributed by atoms with Crippen LogP contribution in [-0.4, -0.2) is 34.9 Å². The van der Waals surface area contributed by atoms with Gasteiger partial charge in [-0.25, -0.2) is 9.78 Å². The number of amides is 3. The van der Waals surface area contributed by atoms with E-state index in [1.165, 1.54) is 11.8 Å². The molecule has 0 spiro atoms. The Bertz CT molecular complexity index is 842. The highest BCUT2D eigenvalue weighted by atomic mass is 16.3. The van der Waals surface area contributed by atoms with Crippen LogP contribution in [0.5, 0.6) is 0 Å². The van der Waals surface area contributed by atoms with E-state index in [4.69, 9.17) is 4.42 Å². The van der Waals surface area contributed by atoms with Gasteiger partial charge in [-0.15, -0.1) is 0 Å². The number of rotatable bonds is 8. The zero-order valence-corrected chi connectivity index (χ0v) is 18.2. The van der Waals surface area contributed by atoms with Gasteiger partial charge >= 0.3 is 6.03 Å². The van der Waals surface area contributed by atoms with Crippen molar-refractivity contribution in [3.8, 4) is 0 Å². The number of oxazole rings is 1. The number of urea groups is 1. The highest BCUT2D eigenvalue weighted by molar-refractivity contribution is 5.92. The molecule has 7 nitrogen and oxygen atoms in total. The van der Waals surface area contributed by atoms with Crippen LogP contribution in [0.1, 0.15) is 55.2 Å². The molecule has 0 aliphatic carbocycles. The standard InChI is InChI=1S/C22H32N4O3/c1-14(2)10-23-21(27)19-13-29-20(25-19)12-26(11-15(3)4)22(28)24-18-8-7-16(5)17(6)9-18/h7-9,13-15H,10-12H2,1-6H3,(H,23,27)(H,24,28). The van der Waals surface area contributed by atoms with Gasteiger partial charge in [-0.05, 0) is 48.9 Å². The van der Waals surface area contributed by atoms with Gasteiger partial charge in [0.25, 0.3) is 5.91 Å². The maximum atomic E-state index is 12.8. The van der Waals surface area contributed by atoms with Crippen molar-refractivity contribution in [3.63, 3.8) is 0 Å². The average Bonchev–Trinajstić information content (AvgIpc) is 3.10. The largest absolute Gasteiger partial charge is 0.446 e. The van der Waals surface area contributed by atoms with Gasteiger partial charge in [-0.2, -0.15) is 0 Å². The third-order valence-corrected chi connectivity index (χ3v) is 4.41. The minimum absolute atomic E-state index is 0.187. The summed E-state index contributed by atoms with van der Waals surface area (Å²) in [5, 5.41) is 5.74. The third kappa shape index (κ3) is 6.93. The van der Waals surface area contributed by atoms with E-state index in [2.05, 4.69) is 15.6 Å². The zero-order chi connectivity index (χ0) is 21.6. The van der Waals surface area contributed by atoms with Crippen molar-refractivity contribution in [1.29, 1.82) is 0 Å². The molecular formula is C22H32N4O3. The van der Waals surface area contributed by atoms with E-state index in [0.717, 1.165) is 11.3 Å². The lowest BCUT2D eigenvalue weighted by Crippen LogP contribution is -2.37. The van der Waals surface area contributed by atoms with Crippen LogP contribution in [0.2, 0.25) is 0 Å². The molecule has 1 aromatic carbocycles. The summed E-state index contributed by atoms with van der Waals surface area (Å²) in [6, 6.07) is 5.58. The molecule has 2 aromatic rings. The number of nitrogens with zero attached hydrogens (tertiary/aromatic N) is 2. The molecule has 2 N–H and O–H groups in total. The van der Waals surface area contributed by atoms with Gasteiger partial charge in [-0.1, -0.05) is 33.8 Å². The van der Waals surface area contributed by atoms with E-state index in [1.807, 2.05) is 59.7 Å². The molecule has 0 aliphatic rings. The first-order chi connectivity index (χ1) is 13.7. The number of nitrogens with one attached hydrogen (secondary N) is 2. The molecule has 0 aliphatic heterocycles. The number of hydrogen-bond acceptors (Lipinski definition) is 4. The number of anilines is 1. The molecule has 0 saturated heterocycles. The molecule has 3 amide bonds. The summed E-state index contributed by atoms with van der Waals surface area (Å²) in [6.07, 6.45) is 1.33. The normalized spacial score (nSPS) is 11.0. The second kappa shape index (κ2) is 10.1. The summed E-state index contributed by atoms with van der Waals surface area (Å²) < 4.78 is 5.45. The van der Waals surface area contributed by atoms with Gasteiger partial charge in [0.1, 0.15) is 6.26 Å². The number of benzene rings is 1. The molecular weight excluding hydrogens is 368 g/mol. The van der Waals surface area contributed by atoms with Crippen LogP contribution in [0.4, 0.5) is 10.5 Å². The minimum atomic E-state index is -0.274. The van der Waals surface area contributed by atoms with Crippen molar-refractivity contribution in [2.75, 3.05) is 18.4 Å². The van der Waals surface area contributed by atoms with E-state index in [0.29, 0.717) is 24.9 Å². The molecule has 0 fully saturated rings. The maximum absolute atomic E-state index is 12.8. The van der Waals surface area contributed by atoms with Crippen LogP contribution in [0, 0.1) is 25.7 Å². The Morgan fingerprint density at radius 2 is 1.83 bits per heavy atom. The second-order valence-corrected chi connectivity index (χ2v) is 8.23. The Kier molecular flexibility index (Phi) is 7.82. The van der Waals surface area contributed by atoms with E-state index in [-0.39, 0.29) is 30.1 Å². The molecule has 0 unspecified atom stereocenters. The first kappa shape index (κ1) is 22.5. The Balaban J connectivity index is 2.07. The van der Waals surface area contributed by atoms with Crippen LogP contribution < -0.4 is 10.6 Å². The highest BCUT2D eigenvalue weighted by Gasteiger charge is 2.20. The van der Waals surface area contributed by atoms with Gasteiger partial charge in [0, 0.05) is 18.8 Å². The van der Waals surface area contributed by atoms with E-state index >= 15 is 0 Å². The molecule has 29 heavy (non-hydrogen) atoms. The van der Waals surface area contributed by atoms with Crippen molar-refractivity contribution in [2.45, 2.75) is 48.1 Å². The fourth-order valence-corrected chi connectivity index (χ4v) is 2.72. The molecule has 0 radical (unpaired) electrons. The molecule has 1 heterocycles. The lowest BCUT2D eigenvalue weighted by atomic mass is 10.1. The summed E-state index contributed by atoms with van der Waals surface area (Å²) in [5.41, 5.74) is 3.25. The van der Waals surface area contributed by atoms with Crippen LogP contribution in [-0.2, 0) is 6.54 Å². The van der Waals surface area contributed by atoms with Crippen LogP contribution >= 0.6 is 0 Å². The predicted octanol–water partition coefficient (Wildman–Crippen LogP) is 4.37. The van der Waals surface area contributed by atoms with Crippen LogP contribution in [0.15, 0.2) is 28.9 Å². The van der Waals surface area contributed by atoms with Crippen molar-refractivity contribution in [2.24, 2.45) is 11.8 Å². The van der Waals surface area contributed by atoms with Gasteiger partial charge < -0.3 is 20.0 Å². The van der Waals surface area contributed by atoms with Gasteiger partial charge in [-0.3, -0.25) is 4.79 Å². The Labute approximate surface area is 172 Å². The third-order valence-electron chi connectivity index (χ3n) is 4.41. The van der Waals surface area contributed by atoms with Gasteiger partial charge in [0.2, 0.25) is 5.89 Å². The summed E-state index contributed by atoms with van der Waals surface area (Å²) >= 11 is 0. The van der Waals surface area contributed by atoms with E-state index < -0.39 is 0 Å². The molecule has 158 valence electrons. The summed E-state index contributed by atoms with van der Waals surface area (Å²) in [4.78, 5) is 30.9. The minimum Gasteiger partial charge on any atom is -0.446 e. The fraction of sp³-hybridized carbons (Fsp3) is 0.500. The number of aryl methyl sites for hydroxylation is 2. The van der Waals surface area contributed by atoms with Crippen LogP contribution in [0.3, 0.4) is 0 Å². The molecule has 0 bridgehead atoms. The number of hydrogen-bond donors (Lipinski definition) is 2. The smallest absolute Gasteiger partial charge is 0.322 e. The summed E-state index contributed by atoms with van der Waals surface area (Å²) in [6.45, 7) is 13.4. The van der Waals surface area contributed by atoms with Crippen molar-refractivity contribution in [1.82, 2.24) is 15.2 Å². The first-order valence-corrected chi connectivity index (χ1v) is 10.0. The summed E-state index contributed by atoms with van der Waals surface area (Å²) in [7, 11) is 0. The Hall–Kier alpha value is -2.83. The van der Waals surface area contributed by atoms with Crippen molar-refractivity contribution in [3.05, 3.63) is 47.2 Å². The lowest BCUT2D eigenvalue weighted by Gasteiger charge is -2.23. The molecule has 0 atom stereocenters. The second-order valence-electron chi connectivity index (χ2n) is 8.23. The Morgan fingerprint density at radius 1 is 1.10 bits per heavy atom. The Morgan fingerprint density at radius 3 is 2.45 bits per heavy atom. The summed E-state index contributed by atoms with van der Waals surface area (Å²) in [5.74, 6) is 0.671. The van der Waals surface area contributed by atoms with Gasteiger partial charge in [0.05, 0.1) is 6.54 Å². The maximum Gasteiger partial charge on any atom is 0.322 e. The molecule has 2 rings (SSSR count). The highest BCUT2D eigenvalue weighted by Crippen LogP contribution is 2.16. The molecule has 0 saturated carbocycles. The van der Waals surface area contributed by atoms with Crippen molar-refractivity contribution < 1.29 is 14.0 Å². The monoisotopic (exact) mass is 400 g/mol. The van der Waals surface area contributed by atoms with E-state index in [1.54, 1.807) is 4.90 Å². The first-order valence-electron chi connectivity index (χ1n) is 10.0. The average molecular weight is 401 g/mol. The molecule has 7 heteroatoms. The van der Waals surface area contributed by atoms with Crippen LogP contribution in [0.25, 0.3) is 0 Å². The topological polar surface area (TPSA) is 87.5 Å². The van der Waals surface area contributed by atoms with Gasteiger partial charge in [0.15, 0.2) is 5.69 Å². The van der Waals surface area contributed by atoms with Crippen molar-refractivity contribution >= 4 is 17.6 Å². The zero-order valence-electron chi connectivity index (χ0n) is 18.2. The number of carbonyl (C=O) groups excluding carboxylic acids is 2. The quantitative estimate of drug-likeness (QED) is 0.689. The SMILES string of the molecule is Cc1ccc(NC(=O)N(Cc2nc(C(=O)NCC(C)C)co2)CC(C)C)cc1C. The lowest BCUT2D eigenvalue weighted by molar-refractivity contribution is 0.0944. The molecule has 1 aromatic heterocycles. The number of aromatic nitrogens is 1. The predicted molar refractivity (Wildman–Crippen MR) is 114 cm³/mol. The van der Waals surface area contributed by atoms with E-state index in [9.17, 15) is 9.59 Å². The number of carbonyl (C=O) groups is 2.